The van der Waals surface area contributed by atoms with Crippen molar-refractivity contribution in [1.29, 1.82) is 0 Å². The molecule has 0 N–H and O–H groups in total. The van der Waals surface area contributed by atoms with Gasteiger partial charge in [0.2, 0.25) is 0 Å². The van der Waals surface area contributed by atoms with Gasteiger partial charge >= 0.3 is 46.0 Å². The van der Waals surface area contributed by atoms with Crippen LogP contribution in [0.15, 0.2) is 0 Å². The summed E-state index contributed by atoms with van der Waals surface area (Å²) in [6.07, 6.45) is 0. The fourth-order valence-electron chi connectivity index (χ4n) is 0. The van der Waals surface area contributed by atoms with Gasteiger partial charge in [-0.25, -0.2) is 0 Å². The van der Waals surface area contributed by atoms with Gasteiger partial charge in [-0.1, -0.05) is 0 Å². The first-order valence-electron chi connectivity index (χ1n) is 1.82. The van der Waals surface area contributed by atoms with E-state index < -0.39 is 0 Å². The molecule has 2 heteroatoms. The third-order valence-electron chi connectivity index (χ3n) is 0.630. The van der Waals surface area contributed by atoms with Crippen LogP contribution >= 0.6 is 0 Å². The number of hydrogen-bond donors (Lipinski definition) is 0. The summed E-state index contributed by atoms with van der Waals surface area (Å²) in [7, 11) is 4.01. The zero-order chi connectivity index (χ0) is 5.15. The van der Waals surface area contributed by atoms with Gasteiger partial charge in [-0.15, -0.1) is 0 Å². The maximum absolute atomic E-state index is 2.88. The summed E-state index contributed by atoms with van der Waals surface area (Å²) in [6.45, 7) is 2.03. The molecule has 0 aromatic heterocycles. The fourth-order valence-corrected chi connectivity index (χ4v) is 0. The number of rotatable bonds is 1. The van der Waals surface area contributed by atoms with Gasteiger partial charge < -0.3 is 0 Å². The van der Waals surface area contributed by atoms with Crippen LogP contribution in [0.4, 0.5) is 0 Å². The second-order valence-electron chi connectivity index (χ2n) is 1.41. The molecule has 0 aliphatic heterocycles. The van der Waals surface area contributed by atoms with Crippen molar-refractivity contribution in [2.75, 3.05) is 14.1 Å². The first kappa shape index (κ1) is 6.19. The third-order valence-corrected chi connectivity index (χ3v) is 1.40. The van der Waals surface area contributed by atoms with Gasteiger partial charge in [-0.3, -0.25) is 0 Å². The van der Waals surface area contributed by atoms with Gasteiger partial charge in [0.15, 0.2) is 0 Å². The molecule has 0 bridgehead atoms. The molecule has 0 amide bonds. The van der Waals surface area contributed by atoms with Crippen molar-refractivity contribution in [3.63, 3.8) is 0 Å². The molecule has 36 valence electrons. The molecule has 0 saturated carbocycles. The third kappa shape index (κ3) is 2.43. The minimum atomic E-state index is 1.22. The average Bonchev–Trinajstić information content (AvgIpc) is 1.36. The molecule has 0 aromatic rings. The SMILES string of the molecule is CC(=[Se])N(C)C. The first-order valence-corrected chi connectivity index (χ1v) is 2.68. The summed E-state index contributed by atoms with van der Waals surface area (Å²) in [4.78, 5) is 2.03. The Balaban J connectivity index is 3.26. The molecule has 0 rings (SSSR count). The summed E-state index contributed by atoms with van der Waals surface area (Å²) in [5.74, 6) is 0. The van der Waals surface area contributed by atoms with Gasteiger partial charge in [0, 0.05) is 0 Å². The van der Waals surface area contributed by atoms with E-state index in [1.807, 2.05) is 25.9 Å². The molecular weight excluding hydrogens is 141 g/mol. The normalized spacial score (nSPS) is 7.83. The summed E-state index contributed by atoms with van der Waals surface area (Å²) in [5, 5.41) is 0. The zero-order valence-corrected chi connectivity index (χ0v) is 6.07. The van der Waals surface area contributed by atoms with E-state index in [1.165, 1.54) is 4.54 Å². The molecule has 0 saturated heterocycles. The Morgan fingerprint density at radius 2 is 1.67 bits per heavy atom. The summed E-state index contributed by atoms with van der Waals surface area (Å²) >= 11 is 2.88. The Hall–Kier alpha value is 0.189. The van der Waals surface area contributed by atoms with Crippen molar-refractivity contribution in [2.45, 2.75) is 6.92 Å². The number of nitrogens with zero attached hydrogens (tertiary/aromatic N) is 1. The Bertz CT molecular complexity index is 58.6. The van der Waals surface area contributed by atoms with Crippen molar-refractivity contribution >= 4 is 20.1 Å². The molecule has 0 atom stereocenters. The quantitative estimate of drug-likeness (QED) is 0.470. The Morgan fingerprint density at radius 3 is 1.67 bits per heavy atom. The molecule has 0 fully saturated rings. The fraction of sp³-hybridized carbons (Fsp3) is 0.750. The minimum absolute atomic E-state index is 1.22. The van der Waals surface area contributed by atoms with E-state index in [9.17, 15) is 0 Å². The Labute approximate surface area is 46.7 Å². The van der Waals surface area contributed by atoms with Crippen LogP contribution in [0.2, 0.25) is 0 Å². The van der Waals surface area contributed by atoms with Gasteiger partial charge in [-0.2, -0.15) is 0 Å². The predicted octanol–water partition coefficient (Wildman–Crippen LogP) is -0.134. The van der Waals surface area contributed by atoms with Crippen LogP contribution in [-0.4, -0.2) is 39.1 Å². The number of hydrogen-bond acceptors (Lipinski definition) is 1. The van der Waals surface area contributed by atoms with Gasteiger partial charge in [0.1, 0.15) is 0 Å². The van der Waals surface area contributed by atoms with Crippen molar-refractivity contribution in [1.82, 2.24) is 4.90 Å². The standard InChI is InChI=1S/C4H9NSe/c1-4(6)5(2)3/h1-3H3. The van der Waals surface area contributed by atoms with Crippen LogP contribution in [0.25, 0.3) is 0 Å². The molecule has 6 heavy (non-hydrogen) atoms. The summed E-state index contributed by atoms with van der Waals surface area (Å²) < 4.78 is 1.22. The van der Waals surface area contributed by atoms with Crippen molar-refractivity contribution < 1.29 is 0 Å². The van der Waals surface area contributed by atoms with E-state index in [-0.39, 0.29) is 0 Å². The summed E-state index contributed by atoms with van der Waals surface area (Å²) in [5.41, 5.74) is 0. The van der Waals surface area contributed by atoms with Gasteiger partial charge in [-0.05, 0) is 0 Å². The van der Waals surface area contributed by atoms with Crippen LogP contribution in [0, 0.1) is 0 Å². The molecule has 0 radical (unpaired) electrons. The Kier molecular flexibility index (Phi) is 2.45. The maximum atomic E-state index is 2.88. The summed E-state index contributed by atoms with van der Waals surface area (Å²) in [6, 6.07) is 0. The molecule has 0 heterocycles. The van der Waals surface area contributed by atoms with E-state index in [1.54, 1.807) is 0 Å². The van der Waals surface area contributed by atoms with E-state index in [2.05, 4.69) is 15.6 Å². The second-order valence-corrected chi connectivity index (χ2v) is 2.65. The van der Waals surface area contributed by atoms with Crippen LogP contribution in [0.3, 0.4) is 0 Å². The molecule has 0 unspecified atom stereocenters. The van der Waals surface area contributed by atoms with Crippen molar-refractivity contribution in [3.8, 4) is 0 Å². The van der Waals surface area contributed by atoms with E-state index >= 15 is 0 Å². The van der Waals surface area contributed by atoms with Crippen LogP contribution in [-0.2, 0) is 0 Å². The molecule has 0 spiro atoms. The van der Waals surface area contributed by atoms with Crippen LogP contribution < -0.4 is 0 Å². The molecule has 1 nitrogen and oxygen atoms in total. The van der Waals surface area contributed by atoms with Gasteiger partial charge in [0.05, 0.1) is 0 Å². The monoisotopic (exact) mass is 151 g/mol. The topological polar surface area (TPSA) is 3.24 Å². The van der Waals surface area contributed by atoms with Gasteiger partial charge in [0.25, 0.3) is 0 Å². The molecule has 0 aromatic carbocycles. The van der Waals surface area contributed by atoms with Crippen molar-refractivity contribution in [2.24, 2.45) is 0 Å². The van der Waals surface area contributed by atoms with Crippen LogP contribution in [0.5, 0.6) is 0 Å². The molecule has 0 aliphatic carbocycles. The van der Waals surface area contributed by atoms with Crippen molar-refractivity contribution in [3.05, 3.63) is 0 Å². The predicted molar refractivity (Wildman–Crippen MR) is 30.1 cm³/mol. The van der Waals surface area contributed by atoms with Crippen LogP contribution in [0.1, 0.15) is 6.92 Å². The zero-order valence-electron chi connectivity index (χ0n) is 4.36. The first-order chi connectivity index (χ1) is 2.64. The Morgan fingerprint density at radius 1 is 1.50 bits per heavy atom. The molecule has 0 aliphatic rings. The van der Waals surface area contributed by atoms with E-state index in [0.29, 0.717) is 0 Å². The average molecular weight is 150 g/mol. The van der Waals surface area contributed by atoms with E-state index in [0.717, 1.165) is 0 Å². The molecular formula is C4H9NSe. The second kappa shape index (κ2) is 2.38. The van der Waals surface area contributed by atoms with E-state index in [4.69, 9.17) is 0 Å².